The molecule has 0 aromatic rings. The van der Waals surface area contributed by atoms with Crippen LogP contribution in [0.1, 0.15) is 65.2 Å². The molecule has 0 amide bonds. The molecule has 0 aliphatic heterocycles. The molecule has 0 saturated heterocycles. The Balaban J connectivity index is 2.12. The molecular formula is C14H28O2. The molecule has 1 rings (SSSR count). The minimum atomic E-state index is -0.0969. The summed E-state index contributed by atoms with van der Waals surface area (Å²) in [5.41, 5.74) is 0. The van der Waals surface area contributed by atoms with Crippen molar-refractivity contribution in [2.24, 2.45) is 11.8 Å². The molecular weight excluding hydrogens is 200 g/mol. The molecule has 1 aliphatic rings. The molecule has 16 heavy (non-hydrogen) atoms. The summed E-state index contributed by atoms with van der Waals surface area (Å²) in [6.07, 6.45) is 8.45. The normalized spacial score (nSPS) is 30.0. The first-order chi connectivity index (χ1) is 7.63. The summed E-state index contributed by atoms with van der Waals surface area (Å²) in [5, 5.41) is 18.9. The summed E-state index contributed by atoms with van der Waals surface area (Å²) in [4.78, 5) is 0. The van der Waals surface area contributed by atoms with E-state index in [2.05, 4.69) is 6.92 Å². The second kappa shape index (κ2) is 7.29. The van der Waals surface area contributed by atoms with Crippen molar-refractivity contribution in [2.75, 3.05) is 0 Å². The lowest BCUT2D eigenvalue weighted by molar-refractivity contribution is 0.0901. The fourth-order valence-corrected chi connectivity index (χ4v) is 2.79. The number of hydrogen-bond acceptors (Lipinski definition) is 2. The number of aliphatic hydroxyl groups excluding tert-OH is 2. The molecule has 1 unspecified atom stereocenters. The molecule has 96 valence electrons. The Kier molecular flexibility index (Phi) is 6.37. The zero-order valence-corrected chi connectivity index (χ0v) is 10.9. The molecule has 2 atom stereocenters. The lowest BCUT2D eigenvalue weighted by Crippen LogP contribution is -2.23. The monoisotopic (exact) mass is 228 g/mol. The topological polar surface area (TPSA) is 40.5 Å². The second-order valence-corrected chi connectivity index (χ2v) is 5.54. The van der Waals surface area contributed by atoms with Gasteiger partial charge in [-0.05, 0) is 50.4 Å². The first-order valence-electron chi connectivity index (χ1n) is 6.99. The highest BCUT2D eigenvalue weighted by Gasteiger charge is 2.23. The van der Waals surface area contributed by atoms with Crippen molar-refractivity contribution in [1.29, 1.82) is 0 Å². The molecule has 0 radical (unpaired) electrons. The van der Waals surface area contributed by atoms with E-state index < -0.39 is 0 Å². The Morgan fingerprint density at radius 1 is 1.12 bits per heavy atom. The minimum Gasteiger partial charge on any atom is -0.393 e. The molecule has 1 saturated carbocycles. The Morgan fingerprint density at radius 2 is 1.75 bits per heavy atom. The molecule has 2 N–H and O–H groups in total. The predicted octanol–water partition coefficient (Wildman–Crippen LogP) is 3.11. The van der Waals surface area contributed by atoms with Crippen LogP contribution in [0.3, 0.4) is 0 Å². The molecule has 0 spiro atoms. The van der Waals surface area contributed by atoms with Gasteiger partial charge in [0.15, 0.2) is 0 Å². The summed E-state index contributed by atoms with van der Waals surface area (Å²) in [7, 11) is 0. The van der Waals surface area contributed by atoms with E-state index in [0.29, 0.717) is 0 Å². The van der Waals surface area contributed by atoms with Crippen molar-refractivity contribution in [2.45, 2.75) is 77.4 Å². The maximum absolute atomic E-state index is 9.48. The number of rotatable bonds is 6. The van der Waals surface area contributed by atoms with E-state index in [9.17, 15) is 10.2 Å². The van der Waals surface area contributed by atoms with Gasteiger partial charge in [0, 0.05) is 0 Å². The van der Waals surface area contributed by atoms with E-state index in [1.54, 1.807) is 0 Å². The molecule has 0 aromatic carbocycles. The summed E-state index contributed by atoms with van der Waals surface area (Å²) in [6.45, 7) is 4.37. The van der Waals surface area contributed by atoms with Crippen molar-refractivity contribution in [3.63, 3.8) is 0 Å². The van der Waals surface area contributed by atoms with Crippen LogP contribution in [0.15, 0.2) is 0 Å². The predicted molar refractivity (Wildman–Crippen MR) is 67.3 cm³/mol. The van der Waals surface area contributed by atoms with Gasteiger partial charge in [-0.1, -0.05) is 26.7 Å². The Morgan fingerprint density at radius 3 is 2.31 bits per heavy atom. The molecule has 1 aliphatic carbocycles. The Labute approximate surface area is 100 Å². The molecule has 1 fully saturated rings. The van der Waals surface area contributed by atoms with Crippen molar-refractivity contribution >= 4 is 0 Å². The van der Waals surface area contributed by atoms with E-state index in [1.165, 1.54) is 19.3 Å². The third-order valence-electron chi connectivity index (χ3n) is 4.21. The van der Waals surface area contributed by atoms with E-state index in [1.807, 2.05) is 6.92 Å². The van der Waals surface area contributed by atoms with Crippen LogP contribution in [-0.2, 0) is 0 Å². The smallest absolute Gasteiger partial charge is 0.0540 e. The van der Waals surface area contributed by atoms with E-state index in [0.717, 1.165) is 43.9 Å². The van der Waals surface area contributed by atoms with Crippen LogP contribution >= 0.6 is 0 Å². The maximum atomic E-state index is 9.48. The lowest BCUT2D eigenvalue weighted by atomic mass is 9.78. The minimum absolute atomic E-state index is 0.0367. The van der Waals surface area contributed by atoms with Crippen LogP contribution in [0.4, 0.5) is 0 Å². The average molecular weight is 228 g/mol. The zero-order chi connectivity index (χ0) is 12.0. The molecule has 0 aromatic heterocycles. The Bertz CT molecular complexity index is 174. The highest BCUT2D eigenvalue weighted by atomic mass is 16.3. The van der Waals surface area contributed by atoms with Crippen molar-refractivity contribution in [1.82, 2.24) is 0 Å². The summed E-state index contributed by atoms with van der Waals surface area (Å²) < 4.78 is 0. The number of aliphatic hydroxyl groups is 2. The zero-order valence-electron chi connectivity index (χ0n) is 10.9. The third-order valence-corrected chi connectivity index (χ3v) is 4.21. The van der Waals surface area contributed by atoms with Gasteiger partial charge < -0.3 is 10.2 Å². The fraction of sp³-hybridized carbons (Fsp3) is 1.00. The largest absolute Gasteiger partial charge is 0.393 e. The standard InChI is InChI=1S/C14H28O2/c1-3-13(15)6-4-5-11(2)12-7-9-14(16)10-8-12/h11-16H,3-10H2,1-2H3/t11-,12?,13?,14?/m0/s1. The van der Waals surface area contributed by atoms with E-state index in [4.69, 9.17) is 0 Å². The van der Waals surface area contributed by atoms with Gasteiger partial charge in [-0.3, -0.25) is 0 Å². The molecule has 0 bridgehead atoms. The molecule has 2 heteroatoms. The van der Waals surface area contributed by atoms with Crippen molar-refractivity contribution in [3.8, 4) is 0 Å². The van der Waals surface area contributed by atoms with Gasteiger partial charge in [0.1, 0.15) is 0 Å². The molecule has 2 nitrogen and oxygen atoms in total. The number of hydrogen-bond donors (Lipinski definition) is 2. The maximum Gasteiger partial charge on any atom is 0.0540 e. The first-order valence-corrected chi connectivity index (χ1v) is 6.99. The summed E-state index contributed by atoms with van der Waals surface area (Å²) >= 11 is 0. The van der Waals surface area contributed by atoms with Crippen LogP contribution in [0.2, 0.25) is 0 Å². The third kappa shape index (κ3) is 4.84. The highest BCUT2D eigenvalue weighted by molar-refractivity contribution is 4.75. The van der Waals surface area contributed by atoms with Gasteiger partial charge in [-0.2, -0.15) is 0 Å². The first kappa shape index (κ1) is 14.0. The lowest BCUT2D eigenvalue weighted by Gasteiger charge is -2.30. The summed E-state index contributed by atoms with van der Waals surface area (Å²) in [5.74, 6) is 1.57. The van der Waals surface area contributed by atoms with E-state index in [-0.39, 0.29) is 12.2 Å². The molecule has 0 heterocycles. The average Bonchev–Trinajstić information content (AvgIpc) is 2.29. The quantitative estimate of drug-likeness (QED) is 0.733. The van der Waals surface area contributed by atoms with Crippen molar-refractivity contribution in [3.05, 3.63) is 0 Å². The van der Waals surface area contributed by atoms with Gasteiger partial charge in [-0.25, -0.2) is 0 Å². The van der Waals surface area contributed by atoms with Gasteiger partial charge in [0.25, 0.3) is 0 Å². The van der Waals surface area contributed by atoms with Gasteiger partial charge in [0.05, 0.1) is 12.2 Å². The van der Waals surface area contributed by atoms with E-state index >= 15 is 0 Å². The van der Waals surface area contributed by atoms with Crippen molar-refractivity contribution < 1.29 is 10.2 Å². The van der Waals surface area contributed by atoms with Gasteiger partial charge >= 0.3 is 0 Å². The Hall–Kier alpha value is -0.0800. The SMILES string of the molecule is CCC(O)CCC[C@H](C)C1CCC(O)CC1. The highest BCUT2D eigenvalue weighted by Crippen LogP contribution is 2.32. The fourth-order valence-electron chi connectivity index (χ4n) is 2.79. The van der Waals surface area contributed by atoms with Gasteiger partial charge in [0.2, 0.25) is 0 Å². The summed E-state index contributed by atoms with van der Waals surface area (Å²) in [6, 6.07) is 0. The van der Waals surface area contributed by atoms with Crippen LogP contribution < -0.4 is 0 Å². The van der Waals surface area contributed by atoms with Crippen LogP contribution in [0, 0.1) is 11.8 Å². The second-order valence-electron chi connectivity index (χ2n) is 5.54. The van der Waals surface area contributed by atoms with Crippen LogP contribution in [0.25, 0.3) is 0 Å². The van der Waals surface area contributed by atoms with Gasteiger partial charge in [-0.15, -0.1) is 0 Å². The van der Waals surface area contributed by atoms with Crippen LogP contribution in [0.5, 0.6) is 0 Å². The van der Waals surface area contributed by atoms with Crippen LogP contribution in [-0.4, -0.2) is 22.4 Å².